The summed E-state index contributed by atoms with van der Waals surface area (Å²) in [5.41, 5.74) is 2.23. The molecule has 0 radical (unpaired) electrons. The first kappa shape index (κ1) is 15.3. The molecule has 1 aromatic heterocycles. The maximum atomic E-state index is 6.56. The van der Waals surface area contributed by atoms with Crippen molar-refractivity contribution in [2.24, 2.45) is 5.92 Å². The van der Waals surface area contributed by atoms with E-state index in [4.69, 9.17) is 11.6 Å². The van der Waals surface area contributed by atoms with Crippen LogP contribution in [-0.4, -0.2) is 39.9 Å². The highest BCUT2D eigenvalue weighted by Gasteiger charge is 2.36. The minimum atomic E-state index is 0.557. The number of halogens is 1. The van der Waals surface area contributed by atoms with Crippen LogP contribution >= 0.6 is 11.6 Å². The van der Waals surface area contributed by atoms with Gasteiger partial charge in [0.15, 0.2) is 0 Å². The van der Waals surface area contributed by atoms with Crippen molar-refractivity contribution in [1.29, 1.82) is 0 Å². The van der Waals surface area contributed by atoms with E-state index in [1.165, 1.54) is 18.5 Å². The Morgan fingerprint density at radius 2 is 2.10 bits per heavy atom. The van der Waals surface area contributed by atoms with Crippen LogP contribution in [0.3, 0.4) is 0 Å². The van der Waals surface area contributed by atoms with Gasteiger partial charge in [0.1, 0.15) is 0 Å². The van der Waals surface area contributed by atoms with E-state index in [2.05, 4.69) is 40.8 Å². The average Bonchev–Trinajstić information content (AvgIpc) is 3.28. The standard InChI is InChI=1S/C16H27ClN4/c1-4-13-16(17)15(21(5-2)19-13)10-20-9-14(12-6-7-12)18-8-11(20)3/h11-12,14,18H,4-10H2,1-3H3. The Morgan fingerprint density at radius 3 is 2.71 bits per heavy atom. The summed E-state index contributed by atoms with van der Waals surface area (Å²) in [4.78, 5) is 2.58. The molecule has 1 aliphatic heterocycles. The Labute approximate surface area is 132 Å². The summed E-state index contributed by atoms with van der Waals surface area (Å²) in [5, 5.41) is 9.24. The Kier molecular flexibility index (Phi) is 4.57. The molecule has 1 aliphatic carbocycles. The number of hydrogen-bond donors (Lipinski definition) is 1. The van der Waals surface area contributed by atoms with Crippen molar-refractivity contribution in [2.45, 2.75) is 65.2 Å². The second-order valence-corrected chi connectivity index (χ2v) is 6.89. The maximum absolute atomic E-state index is 6.56. The van der Waals surface area contributed by atoms with E-state index >= 15 is 0 Å². The molecule has 21 heavy (non-hydrogen) atoms. The van der Waals surface area contributed by atoms with Crippen LogP contribution in [0.4, 0.5) is 0 Å². The van der Waals surface area contributed by atoms with Crippen LogP contribution < -0.4 is 5.32 Å². The Bertz CT molecular complexity index is 495. The van der Waals surface area contributed by atoms with E-state index in [1.54, 1.807) is 0 Å². The summed E-state index contributed by atoms with van der Waals surface area (Å²) in [6.45, 7) is 10.6. The second kappa shape index (κ2) is 6.27. The molecule has 0 spiro atoms. The largest absolute Gasteiger partial charge is 0.311 e. The second-order valence-electron chi connectivity index (χ2n) is 6.51. The van der Waals surface area contributed by atoms with Gasteiger partial charge in [-0.25, -0.2) is 0 Å². The fourth-order valence-corrected chi connectivity index (χ4v) is 3.67. The highest BCUT2D eigenvalue weighted by atomic mass is 35.5. The maximum Gasteiger partial charge on any atom is 0.0863 e. The quantitative estimate of drug-likeness (QED) is 0.908. The fraction of sp³-hybridized carbons (Fsp3) is 0.812. The SMILES string of the molecule is CCc1nn(CC)c(CN2CC(C3CC3)NCC2C)c1Cl. The van der Waals surface area contributed by atoms with Crippen LogP contribution in [0.2, 0.25) is 5.02 Å². The molecule has 0 bridgehead atoms. The summed E-state index contributed by atoms with van der Waals surface area (Å²) >= 11 is 6.56. The Morgan fingerprint density at radius 1 is 1.33 bits per heavy atom. The molecule has 1 N–H and O–H groups in total. The summed E-state index contributed by atoms with van der Waals surface area (Å²) in [6, 6.07) is 1.23. The molecule has 1 saturated heterocycles. The number of aryl methyl sites for hydroxylation is 2. The van der Waals surface area contributed by atoms with Gasteiger partial charge in [0.05, 0.1) is 16.4 Å². The zero-order chi connectivity index (χ0) is 15.0. The first-order valence-corrected chi connectivity index (χ1v) is 8.73. The van der Waals surface area contributed by atoms with Crippen molar-refractivity contribution in [1.82, 2.24) is 20.0 Å². The molecule has 5 heteroatoms. The van der Waals surface area contributed by atoms with Gasteiger partial charge in [-0.15, -0.1) is 0 Å². The summed E-state index contributed by atoms with van der Waals surface area (Å²) in [6.07, 6.45) is 3.70. The molecule has 3 rings (SSSR count). The van der Waals surface area contributed by atoms with Gasteiger partial charge in [0, 0.05) is 38.3 Å². The van der Waals surface area contributed by atoms with Crippen LogP contribution in [-0.2, 0) is 19.5 Å². The molecule has 2 unspecified atom stereocenters. The van der Waals surface area contributed by atoms with Crippen LogP contribution in [0.25, 0.3) is 0 Å². The normalized spacial score (nSPS) is 27.2. The first-order valence-electron chi connectivity index (χ1n) is 8.35. The van der Waals surface area contributed by atoms with Crippen molar-refractivity contribution in [3.63, 3.8) is 0 Å². The van der Waals surface area contributed by atoms with Crippen LogP contribution in [0.15, 0.2) is 0 Å². The zero-order valence-electron chi connectivity index (χ0n) is 13.4. The predicted octanol–water partition coefficient (Wildman–Crippen LogP) is 2.69. The van der Waals surface area contributed by atoms with Gasteiger partial charge >= 0.3 is 0 Å². The molecular formula is C16H27ClN4. The average molecular weight is 311 g/mol. The molecule has 118 valence electrons. The first-order chi connectivity index (χ1) is 10.1. The van der Waals surface area contributed by atoms with E-state index in [-0.39, 0.29) is 0 Å². The van der Waals surface area contributed by atoms with Crippen LogP contribution in [0.1, 0.15) is 45.0 Å². The summed E-state index contributed by atoms with van der Waals surface area (Å²) < 4.78 is 2.09. The Hall–Kier alpha value is -0.580. The lowest BCUT2D eigenvalue weighted by molar-refractivity contribution is 0.122. The number of nitrogens with one attached hydrogen (secondary N) is 1. The highest BCUT2D eigenvalue weighted by molar-refractivity contribution is 6.31. The Balaban J connectivity index is 1.76. The summed E-state index contributed by atoms with van der Waals surface area (Å²) in [5.74, 6) is 0.901. The van der Waals surface area contributed by atoms with Gasteiger partial charge < -0.3 is 5.32 Å². The van der Waals surface area contributed by atoms with Crippen molar-refractivity contribution in [3.05, 3.63) is 16.4 Å². The van der Waals surface area contributed by atoms with Crippen molar-refractivity contribution in [3.8, 4) is 0 Å². The molecule has 0 aromatic carbocycles. The number of piperazine rings is 1. The third kappa shape index (κ3) is 3.13. The van der Waals surface area contributed by atoms with Gasteiger partial charge in [0.2, 0.25) is 0 Å². The number of hydrogen-bond acceptors (Lipinski definition) is 3. The fourth-order valence-electron chi connectivity index (χ4n) is 3.34. The van der Waals surface area contributed by atoms with E-state index in [0.29, 0.717) is 12.1 Å². The topological polar surface area (TPSA) is 33.1 Å². The lowest BCUT2D eigenvalue weighted by Crippen LogP contribution is -2.55. The third-order valence-electron chi connectivity index (χ3n) is 4.97. The van der Waals surface area contributed by atoms with Crippen LogP contribution in [0, 0.1) is 5.92 Å². The molecule has 1 saturated carbocycles. The molecule has 0 amide bonds. The lowest BCUT2D eigenvalue weighted by atomic mass is 10.1. The zero-order valence-corrected chi connectivity index (χ0v) is 14.2. The lowest BCUT2D eigenvalue weighted by Gasteiger charge is -2.39. The number of aromatic nitrogens is 2. The van der Waals surface area contributed by atoms with E-state index in [1.807, 2.05) is 0 Å². The van der Waals surface area contributed by atoms with Gasteiger partial charge in [-0.2, -0.15) is 5.10 Å². The van der Waals surface area contributed by atoms with Gasteiger partial charge in [0.25, 0.3) is 0 Å². The van der Waals surface area contributed by atoms with E-state index in [9.17, 15) is 0 Å². The monoisotopic (exact) mass is 310 g/mol. The summed E-state index contributed by atoms with van der Waals surface area (Å²) in [7, 11) is 0. The van der Waals surface area contributed by atoms with Gasteiger partial charge in [-0.1, -0.05) is 18.5 Å². The number of rotatable bonds is 5. The van der Waals surface area contributed by atoms with Crippen molar-refractivity contribution in [2.75, 3.05) is 13.1 Å². The molecule has 2 atom stereocenters. The molecule has 2 fully saturated rings. The number of nitrogens with zero attached hydrogens (tertiary/aromatic N) is 3. The third-order valence-corrected chi connectivity index (χ3v) is 5.40. The van der Waals surface area contributed by atoms with E-state index < -0.39 is 0 Å². The molecule has 2 aliphatic rings. The molecular weight excluding hydrogens is 284 g/mol. The van der Waals surface area contributed by atoms with Gasteiger partial charge in [-0.05, 0) is 39.0 Å². The minimum Gasteiger partial charge on any atom is -0.311 e. The van der Waals surface area contributed by atoms with Gasteiger partial charge in [-0.3, -0.25) is 9.58 Å². The predicted molar refractivity (Wildman–Crippen MR) is 86.7 cm³/mol. The van der Waals surface area contributed by atoms with Crippen LogP contribution in [0.5, 0.6) is 0 Å². The molecule has 4 nitrogen and oxygen atoms in total. The smallest absolute Gasteiger partial charge is 0.0863 e. The van der Waals surface area contributed by atoms with Crippen molar-refractivity contribution >= 4 is 11.6 Å². The van der Waals surface area contributed by atoms with Crippen molar-refractivity contribution < 1.29 is 0 Å². The minimum absolute atomic E-state index is 0.557. The molecule has 2 heterocycles. The highest BCUT2D eigenvalue weighted by Crippen LogP contribution is 2.35. The van der Waals surface area contributed by atoms with E-state index in [0.717, 1.165) is 49.2 Å². The molecule has 1 aromatic rings.